The fourth-order valence-electron chi connectivity index (χ4n) is 3.43. The van der Waals surface area contributed by atoms with Gasteiger partial charge in [0.15, 0.2) is 11.5 Å². The molecule has 0 spiro atoms. The molecule has 0 saturated carbocycles. The van der Waals surface area contributed by atoms with Crippen molar-refractivity contribution in [1.29, 1.82) is 0 Å². The molecule has 1 aliphatic heterocycles. The second kappa shape index (κ2) is 9.41. The van der Waals surface area contributed by atoms with Crippen LogP contribution in [0, 0.1) is 0 Å². The first kappa shape index (κ1) is 19.9. The lowest BCUT2D eigenvalue weighted by atomic mass is 10.1. The topological polar surface area (TPSA) is 64.1 Å². The lowest BCUT2D eigenvalue weighted by Crippen LogP contribution is -2.48. The van der Waals surface area contributed by atoms with Gasteiger partial charge in [-0.3, -0.25) is 14.7 Å². The van der Waals surface area contributed by atoms with E-state index in [-0.39, 0.29) is 5.91 Å². The molecule has 0 radical (unpaired) electrons. The van der Waals surface area contributed by atoms with Gasteiger partial charge in [-0.25, -0.2) is 0 Å². The Morgan fingerprint density at radius 3 is 2.07 bits per heavy atom. The van der Waals surface area contributed by atoms with Crippen molar-refractivity contribution in [3.05, 3.63) is 47.8 Å². The third-order valence-electron chi connectivity index (χ3n) is 4.96. The Balaban J connectivity index is 1.58. The molecule has 1 aromatic heterocycles. The van der Waals surface area contributed by atoms with Gasteiger partial charge in [-0.15, -0.1) is 0 Å². The number of piperazine rings is 1. The first-order chi connectivity index (χ1) is 13.6. The maximum Gasteiger partial charge on any atom is 0.227 e. The summed E-state index contributed by atoms with van der Waals surface area (Å²) < 4.78 is 16.1. The van der Waals surface area contributed by atoms with Gasteiger partial charge in [-0.1, -0.05) is 0 Å². The summed E-state index contributed by atoms with van der Waals surface area (Å²) in [7, 11) is 4.71. The molecule has 150 valence electrons. The molecule has 1 fully saturated rings. The summed E-state index contributed by atoms with van der Waals surface area (Å²) in [5.41, 5.74) is 2.09. The molecule has 7 nitrogen and oxygen atoms in total. The highest BCUT2D eigenvalue weighted by Crippen LogP contribution is 2.38. The molecule has 2 heterocycles. The van der Waals surface area contributed by atoms with E-state index < -0.39 is 0 Å². The van der Waals surface area contributed by atoms with Crippen molar-refractivity contribution in [2.75, 3.05) is 47.5 Å². The van der Waals surface area contributed by atoms with E-state index in [2.05, 4.69) is 9.88 Å². The zero-order valence-electron chi connectivity index (χ0n) is 16.7. The highest BCUT2D eigenvalue weighted by atomic mass is 16.5. The zero-order valence-corrected chi connectivity index (χ0v) is 16.7. The van der Waals surface area contributed by atoms with Crippen LogP contribution in [-0.2, 0) is 17.8 Å². The van der Waals surface area contributed by atoms with E-state index in [0.717, 1.165) is 38.3 Å². The van der Waals surface area contributed by atoms with Gasteiger partial charge in [0.05, 0.1) is 27.8 Å². The van der Waals surface area contributed by atoms with Crippen molar-refractivity contribution in [1.82, 2.24) is 14.8 Å². The van der Waals surface area contributed by atoms with E-state index in [0.29, 0.717) is 23.7 Å². The fourth-order valence-corrected chi connectivity index (χ4v) is 3.43. The second-order valence-corrected chi connectivity index (χ2v) is 6.72. The summed E-state index contributed by atoms with van der Waals surface area (Å²) in [6, 6.07) is 7.72. The van der Waals surface area contributed by atoms with Crippen LogP contribution in [-0.4, -0.2) is 68.2 Å². The van der Waals surface area contributed by atoms with Gasteiger partial charge in [-0.05, 0) is 35.4 Å². The normalized spacial score (nSPS) is 14.6. The Labute approximate surface area is 165 Å². The van der Waals surface area contributed by atoms with Crippen LogP contribution in [0.2, 0.25) is 0 Å². The SMILES string of the molecule is COc1cc(CC(=O)N2CCN(Cc3ccncc3)CC2)cc(OC)c1OC. The third kappa shape index (κ3) is 4.72. The van der Waals surface area contributed by atoms with Crippen LogP contribution in [0.4, 0.5) is 0 Å². The molecule has 0 aliphatic carbocycles. The van der Waals surface area contributed by atoms with Gasteiger partial charge in [0, 0.05) is 45.1 Å². The molecule has 0 atom stereocenters. The molecule has 0 unspecified atom stereocenters. The number of aromatic nitrogens is 1. The van der Waals surface area contributed by atoms with Crippen LogP contribution < -0.4 is 14.2 Å². The van der Waals surface area contributed by atoms with Crippen LogP contribution in [0.15, 0.2) is 36.7 Å². The number of nitrogens with zero attached hydrogens (tertiary/aromatic N) is 3. The van der Waals surface area contributed by atoms with Crippen molar-refractivity contribution in [2.45, 2.75) is 13.0 Å². The highest BCUT2D eigenvalue weighted by Gasteiger charge is 2.22. The van der Waals surface area contributed by atoms with Gasteiger partial charge in [0.25, 0.3) is 0 Å². The summed E-state index contributed by atoms with van der Waals surface area (Å²) in [6.45, 7) is 4.08. The largest absolute Gasteiger partial charge is 0.493 e. The molecule has 1 aliphatic rings. The highest BCUT2D eigenvalue weighted by molar-refractivity contribution is 5.79. The zero-order chi connectivity index (χ0) is 19.9. The number of benzene rings is 1. The summed E-state index contributed by atoms with van der Waals surface area (Å²) in [4.78, 5) is 21.1. The average Bonchev–Trinajstić information content (AvgIpc) is 2.74. The van der Waals surface area contributed by atoms with Gasteiger partial charge in [0.2, 0.25) is 11.7 Å². The Bertz CT molecular complexity index is 764. The number of amides is 1. The Kier molecular flexibility index (Phi) is 6.71. The van der Waals surface area contributed by atoms with Gasteiger partial charge < -0.3 is 19.1 Å². The maximum atomic E-state index is 12.8. The van der Waals surface area contributed by atoms with E-state index in [4.69, 9.17) is 14.2 Å². The van der Waals surface area contributed by atoms with Crippen molar-refractivity contribution in [3.63, 3.8) is 0 Å². The summed E-state index contributed by atoms with van der Waals surface area (Å²) in [5, 5.41) is 0. The van der Waals surface area contributed by atoms with E-state index in [1.807, 2.05) is 41.6 Å². The molecular weight excluding hydrogens is 358 g/mol. The van der Waals surface area contributed by atoms with Crippen molar-refractivity contribution in [2.24, 2.45) is 0 Å². The van der Waals surface area contributed by atoms with Crippen LogP contribution in [0.5, 0.6) is 17.2 Å². The third-order valence-corrected chi connectivity index (χ3v) is 4.96. The Hall–Kier alpha value is -2.80. The number of carbonyl (C=O) groups is 1. The number of hydrogen-bond acceptors (Lipinski definition) is 6. The average molecular weight is 385 g/mol. The number of hydrogen-bond donors (Lipinski definition) is 0. The lowest BCUT2D eigenvalue weighted by Gasteiger charge is -2.34. The molecule has 7 heteroatoms. The van der Waals surface area contributed by atoms with Crippen LogP contribution in [0.3, 0.4) is 0 Å². The number of pyridine rings is 1. The monoisotopic (exact) mass is 385 g/mol. The second-order valence-electron chi connectivity index (χ2n) is 6.72. The lowest BCUT2D eigenvalue weighted by molar-refractivity contribution is -0.132. The van der Waals surface area contributed by atoms with E-state index in [1.165, 1.54) is 5.56 Å². The molecule has 3 rings (SSSR count). The number of carbonyl (C=O) groups excluding carboxylic acids is 1. The predicted octanol–water partition coefficient (Wildman–Crippen LogP) is 1.99. The Morgan fingerprint density at radius 1 is 0.929 bits per heavy atom. The van der Waals surface area contributed by atoms with Crippen molar-refractivity contribution in [3.8, 4) is 17.2 Å². The standard InChI is InChI=1S/C21H27N3O4/c1-26-18-12-17(13-19(27-2)21(18)28-3)14-20(25)24-10-8-23(9-11-24)15-16-4-6-22-7-5-16/h4-7,12-13H,8-11,14-15H2,1-3H3. The number of methoxy groups -OCH3 is 3. The maximum absolute atomic E-state index is 12.8. The quantitative estimate of drug-likeness (QED) is 0.726. The van der Waals surface area contributed by atoms with Crippen LogP contribution in [0.1, 0.15) is 11.1 Å². The van der Waals surface area contributed by atoms with Crippen molar-refractivity contribution < 1.29 is 19.0 Å². The molecule has 1 saturated heterocycles. The summed E-state index contributed by atoms with van der Waals surface area (Å²) in [5.74, 6) is 1.77. The van der Waals surface area contributed by atoms with Gasteiger partial charge in [0.1, 0.15) is 0 Å². The van der Waals surface area contributed by atoms with E-state index >= 15 is 0 Å². The van der Waals surface area contributed by atoms with E-state index in [9.17, 15) is 4.79 Å². The predicted molar refractivity (Wildman–Crippen MR) is 106 cm³/mol. The molecule has 28 heavy (non-hydrogen) atoms. The molecule has 0 N–H and O–H groups in total. The van der Waals surface area contributed by atoms with Crippen LogP contribution >= 0.6 is 0 Å². The molecule has 2 aromatic rings. The molecule has 1 aromatic carbocycles. The van der Waals surface area contributed by atoms with E-state index in [1.54, 1.807) is 21.3 Å². The number of rotatable bonds is 7. The smallest absolute Gasteiger partial charge is 0.227 e. The summed E-state index contributed by atoms with van der Waals surface area (Å²) in [6.07, 6.45) is 3.93. The minimum absolute atomic E-state index is 0.109. The number of ether oxygens (including phenoxy) is 3. The molecular formula is C21H27N3O4. The summed E-state index contributed by atoms with van der Waals surface area (Å²) >= 11 is 0. The first-order valence-electron chi connectivity index (χ1n) is 9.32. The van der Waals surface area contributed by atoms with Crippen LogP contribution in [0.25, 0.3) is 0 Å². The minimum atomic E-state index is 0.109. The first-order valence-corrected chi connectivity index (χ1v) is 9.32. The van der Waals surface area contributed by atoms with Gasteiger partial charge in [-0.2, -0.15) is 0 Å². The molecule has 1 amide bonds. The van der Waals surface area contributed by atoms with Crippen molar-refractivity contribution >= 4 is 5.91 Å². The Morgan fingerprint density at radius 2 is 1.54 bits per heavy atom. The molecule has 0 bridgehead atoms. The minimum Gasteiger partial charge on any atom is -0.493 e. The van der Waals surface area contributed by atoms with Gasteiger partial charge >= 0.3 is 0 Å². The fraction of sp³-hybridized carbons (Fsp3) is 0.429.